The Hall–Kier alpha value is -6.92. The number of rotatable bonds is 4. The van der Waals surface area contributed by atoms with Gasteiger partial charge in [-0.2, -0.15) is 0 Å². The van der Waals surface area contributed by atoms with Crippen molar-refractivity contribution in [2.24, 2.45) is 0 Å². The number of fused-ring (bicyclic) bond motifs is 9. The second kappa shape index (κ2) is 11.8. The zero-order valence-corrected chi connectivity index (χ0v) is 32.3. The molecule has 11 aromatic rings. The van der Waals surface area contributed by atoms with Gasteiger partial charge in [-0.3, -0.25) is 0 Å². The molecule has 0 N–H and O–H groups in total. The molecule has 0 unspecified atom stereocenters. The Balaban J connectivity index is 1.43. The van der Waals surface area contributed by atoms with Crippen molar-refractivity contribution >= 4 is 65.4 Å². The summed E-state index contributed by atoms with van der Waals surface area (Å²) in [6.07, 6.45) is 1.41. The molecule has 4 heterocycles. The van der Waals surface area contributed by atoms with Crippen molar-refractivity contribution in [2.75, 3.05) is 0 Å². The lowest BCUT2D eigenvalue weighted by Gasteiger charge is -2.23. The van der Waals surface area contributed by atoms with Crippen LogP contribution >= 0.6 is 0 Å². The van der Waals surface area contributed by atoms with Crippen molar-refractivity contribution < 1.29 is 4.42 Å². The molecular weight excluding hydrogens is 687 g/mol. The molecule has 0 amide bonds. The minimum atomic E-state index is 0.465. The van der Waals surface area contributed by atoms with Crippen LogP contribution in [0.25, 0.3) is 93.9 Å². The highest BCUT2D eigenvalue weighted by atomic mass is 16.4. The van der Waals surface area contributed by atoms with Crippen molar-refractivity contribution in [1.82, 2.24) is 23.9 Å². The van der Waals surface area contributed by atoms with E-state index >= 15 is 0 Å². The molecule has 0 fully saturated rings. The molecule has 0 radical (unpaired) electrons. The van der Waals surface area contributed by atoms with Crippen LogP contribution in [0.1, 0.15) is 33.4 Å². The van der Waals surface area contributed by atoms with Gasteiger partial charge in [0, 0.05) is 37.9 Å². The molecule has 4 aromatic heterocycles. The molecular formula is C50H39N5O. The van der Waals surface area contributed by atoms with Crippen LogP contribution in [0.15, 0.2) is 132 Å². The molecule has 0 saturated heterocycles. The molecule has 0 bridgehead atoms. The minimum absolute atomic E-state index is 0.465. The van der Waals surface area contributed by atoms with Crippen LogP contribution in [0.5, 0.6) is 0 Å². The number of hydrogen-bond acceptors (Lipinski definition) is 3. The van der Waals surface area contributed by atoms with Gasteiger partial charge in [-0.05, 0) is 126 Å². The average Bonchev–Trinajstić information content (AvgIpc) is 3.96. The van der Waals surface area contributed by atoms with E-state index in [2.05, 4.69) is 187 Å². The van der Waals surface area contributed by atoms with E-state index in [9.17, 15) is 0 Å². The largest absolute Gasteiger partial charge is 0.423 e. The predicted octanol–water partition coefficient (Wildman–Crippen LogP) is 12.9. The molecule has 0 aliphatic heterocycles. The summed E-state index contributed by atoms with van der Waals surface area (Å²) in [6.45, 7) is 13.0. The Morgan fingerprint density at radius 3 is 0.964 bits per heavy atom. The third-order valence-electron chi connectivity index (χ3n) is 11.6. The van der Waals surface area contributed by atoms with Crippen molar-refractivity contribution in [1.29, 1.82) is 0 Å². The van der Waals surface area contributed by atoms with Crippen LogP contribution in [-0.4, -0.2) is 23.9 Å². The van der Waals surface area contributed by atoms with Gasteiger partial charge < -0.3 is 18.1 Å². The third-order valence-corrected chi connectivity index (χ3v) is 11.6. The zero-order valence-electron chi connectivity index (χ0n) is 32.3. The highest BCUT2D eigenvalue weighted by Crippen LogP contribution is 2.45. The van der Waals surface area contributed by atoms with Crippen LogP contribution in [0, 0.1) is 41.5 Å². The average molecular weight is 726 g/mol. The standard InChI is InChI=1S/C50H39N5O/c1-28-7-13-41-35(19-28)36-20-29(2)8-14-42(36)53(41)47-25-34(50-52-51-27-56-50)26-48(54-43-15-9-30(3)21-37(43)38-22-31(4)10-16-44(38)54)49(47)55-45-17-11-32(5)23-39(45)40-24-33(6)12-18-46(40)55/h7-27H,1-6H3. The summed E-state index contributed by atoms with van der Waals surface area (Å²) >= 11 is 0. The maximum absolute atomic E-state index is 6.03. The van der Waals surface area contributed by atoms with Crippen LogP contribution in [0.3, 0.4) is 0 Å². The molecule has 0 atom stereocenters. The van der Waals surface area contributed by atoms with E-state index in [4.69, 9.17) is 4.42 Å². The van der Waals surface area contributed by atoms with E-state index in [0.717, 1.165) is 55.7 Å². The summed E-state index contributed by atoms with van der Waals surface area (Å²) in [6, 6.07) is 45.4. The van der Waals surface area contributed by atoms with Crippen LogP contribution in [-0.2, 0) is 0 Å². The Labute approximate surface area is 323 Å². The Morgan fingerprint density at radius 2 is 0.679 bits per heavy atom. The van der Waals surface area contributed by atoms with Gasteiger partial charge in [0.2, 0.25) is 12.3 Å². The molecule has 0 saturated carbocycles. The lowest BCUT2D eigenvalue weighted by molar-refractivity contribution is 0.568. The lowest BCUT2D eigenvalue weighted by atomic mass is 10.1. The van der Waals surface area contributed by atoms with Crippen molar-refractivity contribution in [3.05, 3.63) is 161 Å². The SMILES string of the molecule is Cc1ccc2c(c1)c1cc(C)ccc1n2-c1cc(-c2nnco2)cc(-n2c3ccc(C)cc3c3cc(C)ccc32)c1-n1c2ccc(C)cc2c2cc(C)ccc21. The molecule has 6 nitrogen and oxygen atoms in total. The predicted molar refractivity (Wildman–Crippen MR) is 231 cm³/mol. The Bertz CT molecular complexity index is 3100. The van der Waals surface area contributed by atoms with Gasteiger partial charge in [0.05, 0.1) is 50.2 Å². The number of aromatic nitrogens is 5. The van der Waals surface area contributed by atoms with Crippen molar-refractivity contribution in [3.8, 4) is 28.5 Å². The van der Waals surface area contributed by atoms with E-state index in [0.29, 0.717) is 5.89 Å². The topological polar surface area (TPSA) is 53.7 Å². The van der Waals surface area contributed by atoms with Gasteiger partial charge in [0.15, 0.2) is 0 Å². The highest BCUT2D eigenvalue weighted by Gasteiger charge is 2.27. The summed E-state index contributed by atoms with van der Waals surface area (Å²) in [5.41, 5.74) is 18.1. The van der Waals surface area contributed by atoms with Gasteiger partial charge in [-0.25, -0.2) is 0 Å². The van der Waals surface area contributed by atoms with Crippen LogP contribution < -0.4 is 0 Å². The zero-order chi connectivity index (χ0) is 38.0. The van der Waals surface area contributed by atoms with E-state index in [-0.39, 0.29) is 0 Å². The first-order valence-electron chi connectivity index (χ1n) is 19.2. The van der Waals surface area contributed by atoms with E-state index in [1.807, 2.05) is 0 Å². The summed E-state index contributed by atoms with van der Waals surface area (Å²) < 4.78 is 13.4. The first kappa shape index (κ1) is 32.5. The summed E-state index contributed by atoms with van der Waals surface area (Å²) in [5.74, 6) is 0.465. The lowest BCUT2D eigenvalue weighted by Crippen LogP contribution is -2.10. The highest BCUT2D eigenvalue weighted by molar-refractivity contribution is 6.14. The fraction of sp³-hybridized carbons (Fsp3) is 0.120. The fourth-order valence-electron chi connectivity index (χ4n) is 9.11. The first-order chi connectivity index (χ1) is 27.2. The maximum atomic E-state index is 6.03. The van der Waals surface area contributed by atoms with E-state index in [1.54, 1.807) is 0 Å². The molecule has 7 aromatic carbocycles. The molecule has 11 rings (SSSR count). The number of hydrogen-bond donors (Lipinski definition) is 0. The monoisotopic (exact) mass is 725 g/mol. The van der Waals surface area contributed by atoms with Gasteiger partial charge in [-0.15, -0.1) is 10.2 Å². The van der Waals surface area contributed by atoms with E-state index < -0.39 is 0 Å². The van der Waals surface area contributed by atoms with Crippen molar-refractivity contribution in [3.63, 3.8) is 0 Å². The number of nitrogens with zero attached hydrogens (tertiary/aromatic N) is 5. The summed E-state index contributed by atoms with van der Waals surface area (Å²) in [5, 5.41) is 16.0. The van der Waals surface area contributed by atoms with Gasteiger partial charge in [-0.1, -0.05) is 69.8 Å². The molecule has 0 aliphatic rings. The normalized spacial score (nSPS) is 12.1. The number of aryl methyl sites for hydroxylation is 6. The second-order valence-corrected chi connectivity index (χ2v) is 15.7. The summed E-state index contributed by atoms with van der Waals surface area (Å²) in [4.78, 5) is 0. The van der Waals surface area contributed by atoms with Gasteiger partial charge in [0.25, 0.3) is 0 Å². The number of benzene rings is 7. The third kappa shape index (κ3) is 4.68. The first-order valence-corrected chi connectivity index (χ1v) is 19.2. The quantitative estimate of drug-likeness (QED) is 0.181. The molecule has 56 heavy (non-hydrogen) atoms. The molecule has 0 spiro atoms. The molecule has 0 aliphatic carbocycles. The Morgan fingerprint density at radius 1 is 0.375 bits per heavy atom. The fourth-order valence-corrected chi connectivity index (χ4v) is 9.11. The second-order valence-electron chi connectivity index (χ2n) is 15.7. The molecule has 270 valence electrons. The minimum Gasteiger partial charge on any atom is -0.423 e. The van der Waals surface area contributed by atoms with Crippen molar-refractivity contribution in [2.45, 2.75) is 41.5 Å². The molecule has 6 heteroatoms. The smallest absolute Gasteiger partial charge is 0.247 e. The maximum Gasteiger partial charge on any atom is 0.247 e. The van der Waals surface area contributed by atoms with Gasteiger partial charge >= 0.3 is 0 Å². The van der Waals surface area contributed by atoms with Gasteiger partial charge in [0.1, 0.15) is 0 Å². The van der Waals surface area contributed by atoms with Crippen LogP contribution in [0.2, 0.25) is 0 Å². The van der Waals surface area contributed by atoms with Crippen LogP contribution in [0.4, 0.5) is 0 Å². The Kier molecular flexibility index (Phi) is 6.84. The summed E-state index contributed by atoms with van der Waals surface area (Å²) in [7, 11) is 0. The van der Waals surface area contributed by atoms with E-state index in [1.165, 1.54) is 72.1 Å².